The zero-order valence-electron chi connectivity index (χ0n) is 15.9. The van der Waals surface area contributed by atoms with Crippen LogP contribution in [0.4, 0.5) is 13.2 Å². The summed E-state index contributed by atoms with van der Waals surface area (Å²) in [6, 6.07) is 7.75. The molecule has 0 aliphatic carbocycles. The van der Waals surface area contributed by atoms with Crippen LogP contribution in [0.2, 0.25) is 0 Å². The molecule has 1 unspecified atom stereocenters. The molecule has 0 spiro atoms. The number of halogens is 3. The van der Waals surface area contributed by atoms with Crippen molar-refractivity contribution in [1.82, 2.24) is 19.7 Å². The van der Waals surface area contributed by atoms with Crippen LogP contribution < -0.4 is 0 Å². The number of carbonyl (C=O) groups is 1. The fourth-order valence-corrected chi connectivity index (χ4v) is 4.19. The van der Waals surface area contributed by atoms with Crippen LogP contribution in [0.5, 0.6) is 0 Å². The zero-order valence-corrected chi connectivity index (χ0v) is 15.9. The van der Waals surface area contributed by atoms with E-state index < -0.39 is 11.7 Å². The average Bonchev–Trinajstić information content (AvgIpc) is 3.18. The summed E-state index contributed by atoms with van der Waals surface area (Å²) >= 11 is 0. The summed E-state index contributed by atoms with van der Waals surface area (Å²) < 4.78 is 41.8. The second-order valence-corrected chi connectivity index (χ2v) is 7.64. The fraction of sp³-hybridized carbons (Fsp3) is 0.381. The van der Waals surface area contributed by atoms with Crippen molar-refractivity contribution in [2.45, 2.75) is 32.0 Å². The fourth-order valence-electron chi connectivity index (χ4n) is 4.19. The molecule has 3 aromatic rings. The summed E-state index contributed by atoms with van der Waals surface area (Å²) in [5.74, 6) is 0.151. The van der Waals surface area contributed by atoms with E-state index >= 15 is 0 Å². The lowest BCUT2D eigenvalue weighted by Crippen LogP contribution is -2.44. The third kappa shape index (κ3) is 3.97. The highest BCUT2D eigenvalue weighted by atomic mass is 19.4. The van der Waals surface area contributed by atoms with Gasteiger partial charge in [-0.15, -0.1) is 0 Å². The number of pyridine rings is 1. The molecule has 3 heterocycles. The first-order valence-corrected chi connectivity index (χ1v) is 9.53. The third-order valence-electron chi connectivity index (χ3n) is 5.42. The Hall–Kier alpha value is -2.90. The smallest absolute Gasteiger partial charge is 0.340 e. The van der Waals surface area contributed by atoms with Crippen LogP contribution in [0.1, 0.15) is 30.4 Å². The predicted octanol–water partition coefficient (Wildman–Crippen LogP) is 4.10. The molecule has 1 aromatic carbocycles. The number of fused-ring (bicyclic) bond motifs is 1. The van der Waals surface area contributed by atoms with E-state index in [1.807, 2.05) is 0 Å². The van der Waals surface area contributed by atoms with Crippen molar-refractivity contribution >= 4 is 16.8 Å². The molecule has 2 aromatic heterocycles. The van der Waals surface area contributed by atoms with Gasteiger partial charge in [0, 0.05) is 43.0 Å². The highest BCUT2D eigenvalue weighted by Crippen LogP contribution is 2.39. The summed E-state index contributed by atoms with van der Waals surface area (Å²) in [5, 5.41) is 4.58. The van der Waals surface area contributed by atoms with Crippen LogP contribution in [0.25, 0.3) is 10.9 Å². The van der Waals surface area contributed by atoms with Crippen molar-refractivity contribution in [2.75, 3.05) is 13.1 Å². The van der Waals surface area contributed by atoms with Crippen molar-refractivity contribution in [3.63, 3.8) is 0 Å². The molecule has 1 saturated heterocycles. The highest BCUT2D eigenvalue weighted by molar-refractivity contribution is 5.86. The summed E-state index contributed by atoms with van der Waals surface area (Å²) in [6.45, 7) is 3.32. The molecule has 0 radical (unpaired) electrons. The molecule has 1 amide bonds. The highest BCUT2D eigenvalue weighted by Gasteiger charge is 2.35. The predicted molar refractivity (Wildman–Crippen MR) is 102 cm³/mol. The van der Waals surface area contributed by atoms with E-state index in [1.165, 1.54) is 6.20 Å². The van der Waals surface area contributed by atoms with Crippen molar-refractivity contribution in [1.29, 1.82) is 0 Å². The molecule has 1 aliphatic rings. The number of likely N-dealkylation sites (tertiary alicyclic amines) is 1. The minimum atomic E-state index is -4.46. The number of aromatic nitrogens is 3. The Kier molecular flexibility index (Phi) is 5.02. The number of hydrogen-bond donors (Lipinski definition) is 0. The molecule has 2 atom stereocenters. The minimum Gasteiger partial charge on any atom is -0.340 e. The second kappa shape index (κ2) is 7.50. The summed E-state index contributed by atoms with van der Waals surface area (Å²) in [7, 11) is 0. The van der Waals surface area contributed by atoms with E-state index in [0.717, 1.165) is 18.1 Å². The van der Waals surface area contributed by atoms with E-state index in [0.29, 0.717) is 18.5 Å². The van der Waals surface area contributed by atoms with Gasteiger partial charge in [-0.1, -0.05) is 19.1 Å². The summed E-state index contributed by atoms with van der Waals surface area (Å²) in [6.07, 6.45) is 1.08. The van der Waals surface area contributed by atoms with Gasteiger partial charge >= 0.3 is 6.18 Å². The molecule has 1 fully saturated rings. The number of alkyl halides is 3. The maximum atomic E-state index is 13.4. The molecule has 1 aliphatic heterocycles. The van der Waals surface area contributed by atoms with Crippen LogP contribution in [0.3, 0.4) is 0 Å². The molecule has 4 rings (SSSR count). The molecule has 0 bridgehead atoms. The van der Waals surface area contributed by atoms with Gasteiger partial charge in [0.05, 0.1) is 11.1 Å². The average molecular weight is 402 g/mol. The van der Waals surface area contributed by atoms with E-state index in [2.05, 4.69) is 17.0 Å². The van der Waals surface area contributed by atoms with Crippen LogP contribution in [0.15, 0.2) is 48.9 Å². The van der Waals surface area contributed by atoms with Gasteiger partial charge in [0.2, 0.25) is 5.91 Å². The SMILES string of the molecule is CC1C[C@@H](c2ccc(C(F)(F)F)c3ncccc23)CN(C(=O)Cn2cccn2)C1. The first-order valence-electron chi connectivity index (χ1n) is 9.53. The molecule has 0 saturated carbocycles. The van der Waals surface area contributed by atoms with Gasteiger partial charge < -0.3 is 4.90 Å². The van der Waals surface area contributed by atoms with Crippen molar-refractivity contribution in [3.8, 4) is 0 Å². The standard InChI is InChI=1S/C21H21F3N4O/c1-14-10-15(12-27(11-14)19(29)13-28-9-3-8-26-28)16-5-6-18(21(22,23)24)20-17(16)4-2-7-25-20/h2-9,14-15H,10-13H2,1H3/t14?,15-/m1/s1. The molecular weight excluding hydrogens is 381 g/mol. The maximum Gasteiger partial charge on any atom is 0.418 e. The Morgan fingerprint density at radius 2 is 2.00 bits per heavy atom. The zero-order chi connectivity index (χ0) is 20.6. The van der Waals surface area contributed by atoms with Gasteiger partial charge in [-0.2, -0.15) is 18.3 Å². The third-order valence-corrected chi connectivity index (χ3v) is 5.42. The number of rotatable bonds is 3. The van der Waals surface area contributed by atoms with Crippen LogP contribution in [-0.2, 0) is 17.5 Å². The number of nitrogens with zero attached hydrogens (tertiary/aromatic N) is 4. The Labute approximate surface area is 166 Å². The Balaban J connectivity index is 1.65. The largest absolute Gasteiger partial charge is 0.418 e. The number of carbonyl (C=O) groups excluding carboxylic acids is 1. The molecule has 8 heteroatoms. The summed E-state index contributed by atoms with van der Waals surface area (Å²) in [5.41, 5.74) is 0.0435. The van der Waals surface area contributed by atoms with E-state index in [-0.39, 0.29) is 29.8 Å². The van der Waals surface area contributed by atoms with Gasteiger partial charge in [-0.3, -0.25) is 14.5 Å². The Morgan fingerprint density at radius 1 is 1.17 bits per heavy atom. The van der Waals surface area contributed by atoms with Gasteiger partial charge in [-0.25, -0.2) is 0 Å². The van der Waals surface area contributed by atoms with Crippen molar-refractivity contribution in [2.24, 2.45) is 5.92 Å². The van der Waals surface area contributed by atoms with Gasteiger partial charge in [0.15, 0.2) is 0 Å². The molecule has 29 heavy (non-hydrogen) atoms. The Morgan fingerprint density at radius 3 is 2.72 bits per heavy atom. The number of piperidine rings is 1. The lowest BCUT2D eigenvalue weighted by Gasteiger charge is -2.37. The monoisotopic (exact) mass is 402 g/mol. The first-order chi connectivity index (χ1) is 13.8. The normalized spacial score (nSPS) is 20.2. The van der Waals surface area contributed by atoms with E-state index in [9.17, 15) is 18.0 Å². The van der Waals surface area contributed by atoms with Crippen LogP contribution >= 0.6 is 0 Å². The number of amides is 1. The number of benzene rings is 1. The molecule has 0 N–H and O–H groups in total. The minimum absolute atomic E-state index is 0.0369. The molecule has 5 nitrogen and oxygen atoms in total. The van der Waals surface area contributed by atoms with Gasteiger partial charge in [0.25, 0.3) is 0 Å². The second-order valence-electron chi connectivity index (χ2n) is 7.64. The van der Waals surface area contributed by atoms with Crippen molar-refractivity contribution in [3.05, 3.63) is 60.0 Å². The molecule has 152 valence electrons. The maximum absolute atomic E-state index is 13.4. The van der Waals surface area contributed by atoms with Gasteiger partial charge in [-0.05, 0) is 36.1 Å². The lowest BCUT2D eigenvalue weighted by molar-refractivity contribution is -0.136. The summed E-state index contributed by atoms with van der Waals surface area (Å²) in [4.78, 5) is 18.5. The number of hydrogen-bond acceptors (Lipinski definition) is 3. The van der Waals surface area contributed by atoms with Crippen LogP contribution in [0, 0.1) is 5.92 Å². The Bertz CT molecular complexity index is 1020. The van der Waals surface area contributed by atoms with E-state index in [1.54, 1.807) is 46.2 Å². The van der Waals surface area contributed by atoms with E-state index in [4.69, 9.17) is 0 Å². The van der Waals surface area contributed by atoms with Gasteiger partial charge in [0.1, 0.15) is 6.54 Å². The lowest BCUT2D eigenvalue weighted by atomic mass is 9.83. The topological polar surface area (TPSA) is 51.0 Å². The van der Waals surface area contributed by atoms with Crippen molar-refractivity contribution < 1.29 is 18.0 Å². The quantitative estimate of drug-likeness (QED) is 0.663. The van der Waals surface area contributed by atoms with Crippen LogP contribution in [-0.4, -0.2) is 38.7 Å². The molecular formula is C21H21F3N4O. The first kappa shape index (κ1) is 19.4.